The second-order valence-electron chi connectivity index (χ2n) is 15.6. The van der Waals surface area contributed by atoms with E-state index in [1.54, 1.807) is 6.07 Å². The van der Waals surface area contributed by atoms with Crippen LogP contribution in [0.5, 0.6) is 0 Å². The van der Waals surface area contributed by atoms with Crippen LogP contribution >= 0.6 is 0 Å². The third-order valence-corrected chi connectivity index (χ3v) is 12.6. The van der Waals surface area contributed by atoms with E-state index in [0.717, 1.165) is 92.8 Å². The highest BCUT2D eigenvalue weighted by molar-refractivity contribution is 6.27. The van der Waals surface area contributed by atoms with Gasteiger partial charge in [0.15, 0.2) is 0 Å². The van der Waals surface area contributed by atoms with Crippen LogP contribution in [-0.2, 0) is 14.1 Å². The Morgan fingerprint density at radius 3 is 1.20 bits per heavy atom. The smallest absolute Gasteiger partial charge is 0.104 e. The van der Waals surface area contributed by atoms with Crippen LogP contribution in [-0.4, -0.2) is 18.3 Å². The molecule has 12 aromatic rings. The predicted octanol–water partition coefficient (Wildman–Crippen LogP) is 12.5. The lowest BCUT2D eigenvalue weighted by molar-refractivity contribution is 1.01. The van der Waals surface area contributed by atoms with E-state index in [9.17, 15) is 15.8 Å². The van der Waals surface area contributed by atoms with Crippen LogP contribution in [0.25, 0.3) is 110 Å². The van der Waals surface area contributed by atoms with Gasteiger partial charge in [-0.25, -0.2) is 0 Å². The highest BCUT2D eigenvalue weighted by Crippen LogP contribution is 2.45. The molecule has 0 spiro atoms. The van der Waals surface area contributed by atoms with Gasteiger partial charge < -0.3 is 18.3 Å². The number of hydrogen-bond donors (Lipinski definition) is 0. The maximum Gasteiger partial charge on any atom is 0.104 e. The summed E-state index contributed by atoms with van der Waals surface area (Å²) in [6.45, 7) is 0. The van der Waals surface area contributed by atoms with E-state index in [0.29, 0.717) is 33.6 Å². The van der Waals surface area contributed by atoms with Gasteiger partial charge in [-0.2, -0.15) is 15.8 Å². The molecular weight excluding hydrogens is 735 g/mol. The minimum Gasteiger partial charge on any atom is -0.344 e. The predicted molar refractivity (Wildman–Crippen MR) is 243 cm³/mol. The molecule has 0 atom stereocenters. The van der Waals surface area contributed by atoms with Gasteiger partial charge in [-0.1, -0.05) is 84.9 Å². The van der Waals surface area contributed by atoms with E-state index in [4.69, 9.17) is 0 Å². The second-order valence-corrected chi connectivity index (χ2v) is 15.6. The van der Waals surface area contributed by atoms with Crippen molar-refractivity contribution in [2.24, 2.45) is 14.1 Å². The van der Waals surface area contributed by atoms with E-state index in [-0.39, 0.29) is 0 Å². The number of rotatable bonds is 3. The molecule has 7 heteroatoms. The van der Waals surface area contributed by atoms with Gasteiger partial charge in [0.25, 0.3) is 0 Å². The van der Waals surface area contributed by atoms with E-state index in [2.05, 4.69) is 184 Å². The minimum atomic E-state index is 0.389. The highest BCUT2D eigenvalue weighted by Gasteiger charge is 2.26. The zero-order valence-corrected chi connectivity index (χ0v) is 32.6. The van der Waals surface area contributed by atoms with Gasteiger partial charge in [0.1, 0.15) is 11.6 Å². The lowest BCUT2D eigenvalue weighted by atomic mass is 9.97. The van der Waals surface area contributed by atoms with Gasteiger partial charge in [0, 0.05) is 68.2 Å². The number of nitrogens with zero attached hydrogens (tertiary/aromatic N) is 7. The summed E-state index contributed by atoms with van der Waals surface area (Å²) < 4.78 is 9.02. The Morgan fingerprint density at radius 2 is 0.767 bits per heavy atom. The molecule has 0 amide bonds. The summed E-state index contributed by atoms with van der Waals surface area (Å²) >= 11 is 0. The lowest BCUT2D eigenvalue weighted by Crippen LogP contribution is -2.05. The van der Waals surface area contributed by atoms with Crippen LogP contribution in [0.15, 0.2) is 152 Å². The number of nitriles is 3. The van der Waals surface area contributed by atoms with Crippen LogP contribution in [0.1, 0.15) is 16.7 Å². The average molecular weight is 766 g/mol. The van der Waals surface area contributed by atoms with Crippen molar-refractivity contribution < 1.29 is 0 Å². The zero-order valence-electron chi connectivity index (χ0n) is 32.6. The average Bonchev–Trinajstić information content (AvgIpc) is 4.00. The molecule has 0 unspecified atom stereocenters. The van der Waals surface area contributed by atoms with Gasteiger partial charge in [0.2, 0.25) is 0 Å². The normalized spacial score (nSPS) is 11.8. The van der Waals surface area contributed by atoms with Crippen LogP contribution in [0.4, 0.5) is 0 Å². The molecular formula is C53H31N7. The van der Waals surface area contributed by atoms with Gasteiger partial charge in [-0.3, -0.25) is 0 Å². The molecule has 0 saturated carbocycles. The van der Waals surface area contributed by atoms with E-state index in [1.807, 2.05) is 12.1 Å². The number of hydrogen-bond acceptors (Lipinski definition) is 3. The molecule has 0 bridgehead atoms. The largest absolute Gasteiger partial charge is 0.344 e. The molecule has 0 aliphatic carbocycles. The Kier molecular flexibility index (Phi) is 6.83. The van der Waals surface area contributed by atoms with E-state index < -0.39 is 0 Å². The number of fused-ring (bicyclic) bond motifs is 14. The lowest BCUT2D eigenvalue weighted by Gasteiger charge is -2.19. The molecule has 0 saturated heterocycles. The standard InChI is InChI=1S/C53H31N7/c1-57-42-15-7-5-13-39(42)50-46(57)21-19-37-35-11-3-9-17-44(35)59(52(37)50)48-26-34(33-24-31(28-54)23-32(25-33)29-55)27-49(41(48)30-56)60-45-18-10-4-12-36(45)38-20-22-47-51(53(38)60)40-14-6-8-16-43(40)58(47)2/h3-27H,1-2H3. The molecule has 8 aromatic carbocycles. The summed E-state index contributed by atoms with van der Waals surface area (Å²) in [5, 5.41) is 40.8. The summed E-state index contributed by atoms with van der Waals surface area (Å²) in [6, 6.07) is 59.3. The van der Waals surface area contributed by atoms with Crippen molar-refractivity contribution in [1.29, 1.82) is 15.8 Å². The first-order chi connectivity index (χ1) is 29.5. The summed E-state index contributed by atoms with van der Waals surface area (Å²) in [5.74, 6) is 0. The van der Waals surface area contributed by atoms with Crippen molar-refractivity contribution in [2.45, 2.75) is 0 Å². The van der Waals surface area contributed by atoms with Gasteiger partial charge >= 0.3 is 0 Å². The fraction of sp³-hybridized carbons (Fsp3) is 0.0377. The van der Waals surface area contributed by atoms with Gasteiger partial charge in [0.05, 0.1) is 67.7 Å². The summed E-state index contributed by atoms with van der Waals surface area (Å²) in [6.07, 6.45) is 0. The molecule has 0 N–H and O–H groups in total. The Bertz CT molecular complexity index is 3770. The Balaban J connectivity index is 1.33. The number of para-hydroxylation sites is 4. The second kappa shape index (κ2) is 12.2. The van der Waals surface area contributed by atoms with Crippen LogP contribution in [0, 0.1) is 34.0 Å². The van der Waals surface area contributed by atoms with Crippen molar-refractivity contribution in [2.75, 3.05) is 0 Å². The molecule has 0 fully saturated rings. The fourth-order valence-electron chi connectivity index (χ4n) is 10.1. The van der Waals surface area contributed by atoms with Crippen molar-refractivity contribution in [3.05, 3.63) is 168 Å². The molecule has 278 valence electrons. The molecule has 60 heavy (non-hydrogen) atoms. The van der Waals surface area contributed by atoms with Gasteiger partial charge in [-0.05, 0) is 77.9 Å². The quantitative estimate of drug-likeness (QED) is 0.179. The SMILES string of the molecule is Cn1c2ccccc2c2c1ccc1c3ccccc3n(-c3cc(-c4cc(C#N)cc(C#N)c4)cc(-n4c5ccccc5c5ccc6c(c7ccccc7n6C)c54)c3C#N)c12. The highest BCUT2D eigenvalue weighted by atomic mass is 15.0. The first kappa shape index (κ1) is 33.6. The molecule has 0 radical (unpaired) electrons. The first-order valence-corrected chi connectivity index (χ1v) is 19.8. The van der Waals surface area contributed by atoms with Crippen molar-refractivity contribution in [1.82, 2.24) is 18.3 Å². The summed E-state index contributed by atoms with van der Waals surface area (Å²) in [4.78, 5) is 0. The maximum absolute atomic E-state index is 11.7. The monoisotopic (exact) mass is 765 g/mol. The number of aryl methyl sites for hydroxylation is 2. The topological polar surface area (TPSA) is 91.1 Å². The molecule has 0 aliphatic rings. The Hall–Kier alpha value is -8.57. The minimum absolute atomic E-state index is 0.389. The van der Waals surface area contributed by atoms with E-state index >= 15 is 0 Å². The molecule has 4 aromatic heterocycles. The summed E-state index contributed by atoms with van der Waals surface area (Å²) in [7, 11) is 4.21. The van der Waals surface area contributed by atoms with Crippen molar-refractivity contribution in [3.63, 3.8) is 0 Å². The molecule has 12 rings (SSSR count). The summed E-state index contributed by atoms with van der Waals surface area (Å²) in [5.41, 5.74) is 12.5. The third-order valence-electron chi connectivity index (χ3n) is 12.6. The number of aromatic nitrogens is 4. The maximum atomic E-state index is 11.7. The van der Waals surface area contributed by atoms with Crippen LogP contribution in [0.3, 0.4) is 0 Å². The van der Waals surface area contributed by atoms with Crippen LogP contribution in [0.2, 0.25) is 0 Å². The number of benzene rings is 8. The Morgan fingerprint density at radius 1 is 0.367 bits per heavy atom. The fourth-order valence-corrected chi connectivity index (χ4v) is 10.1. The van der Waals surface area contributed by atoms with Crippen LogP contribution < -0.4 is 0 Å². The zero-order chi connectivity index (χ0) is 40.4. The Labute approximate surface area is 343 Å². The molecule has 0 aliphatic heterocycles. The molecule has 4 heterocycles. The third kappa shape index (κ3) is 4.34. The van der Waals surface area contributed by atoms with Gasteiger partial charge in [-0.15, -0.1) is 0 Å². The first-order valence-electron chi connectivity index (χ1n) is 19.8. The van der Waals surface area contributed by atoms with Crippen molar-refractivity contribution >= 4 is 87.2 Å². The van der Waals surface area contributed by atoms with Crippen molar-refractivity contribution in [3.8, 4) is 40.7 Å². The molecule has 7 nitrogen and oxygen atoms in total. The van der Waals surface area contributed by atoms with E-state index in [1.165, 1.54) is 0 Å².